The standard InChI is InChI=1S/C27H32N6O.C26H30N6O/c1-3-31-15-17-32(18-16-31)24-9-7-22(8-10-24)30-26-19-23(11-13-28-26)29-25-6-4-5-21-12-14-33(20(2)34)27(21)25;1-19(33)32-13-11-20-4-3-5-24(26(20)32)28-22-10-12-27-25(18-22)29-21-6-8-23(9-7-21)31-16-14-30(2)15-17-31/h4-11,13,19H,3,12,14-18H2,1-2H3,(H2,28,29,30);3-10,12,18H,11,13-17H2,1-2H3,(H2,27,28,29). The molecule has 0 aliphatic carbocycles. The first-order valence-electron chi connectivity index (χ1n) is 23.6. The summed E-state index contributed by atoms with van der Waals surface area (Å²) in [4.78, 5) is 46.6. The van der Waals surface area contributed by atoms with Crippen LogP contribution in [-0.4, -0.2) is 111 Å². The van der Waals surface area contributed by atoms with Gasteiger partial charge >= 0.3 is 0 Å². The maximum Gasteiger partial charge on any atom is 0.223 e. The summed E-state index contributed by atoms with van der Waals surface area (Å²) >= 11 is 0. The maximum absolute atomic E-state index is 12.1. The van der Waals surface area contributed by atoms with Crippen LogP contribution in [0.1, 0.15) is 31.9 Å². The van der Waals surface area contributed by atoms with Crippen LogP contribution < -0.4 is 40.9 Å². The number of anilines is 12. The molecule has 0 atom stereocenters. The first kappa shape index (κ1) is 45.0. The molecule has 0 spiro atoms. The highest BCUT2D eigenvalue weighted by molar-refractivity contribution is 5.99. The fourth-order valence-electron chi connectivity index (χ4n) is 9.40. The van der Waals surface area contributed by atoms with Crippen molar-refractivity contribution in [2.75, 3.05) is 120 Å². The largest absolute Gasteiger partial charge is 0.369 e. The summed E-state index contributed by atoms with van der Waals surface area (Å²) < 4.78 is 0. The lowest BCUT2D eigenvalue weighted by molar-refractivity contribution is -0.117. The third-order valence-corrected chi connectivity index (χ3v) is 13.2. The predicted octanol–water partition coefficient (Wildman–Crippen LogP) is 8.85. The van der Waals surface area contributed by atoms with Gasteiger partial charge in [0.1, 0.15) is 11.6 Å². The van der Waals surface area contributed by atoms with Crippen LogP contribution in [0.5, 0.6) is 0 Å². The van der Waals surface area contributed by atoms with Crippen LogP contribution in [0, 0.1) is 0 Å². The van der Waals surface area contributed by atoms with Crippen molar-refractivity contribution in [3.63, 3.8) is 0 Å². The van der Waals surface area contributed by atoms with E-state index in [1.165, 1.54) is 22.5 Å². The van der Waals surface area contributed by atoms with Gasteiger partial charge < -0.3 is 50.7 Å². The molecular weight excluding hydrogens is 837 g/mol. The maximum atomic E-state index is 12.1. The highest BCUT2D eigenvalue weighted by Gasteiger charge is 2.27. The number of para-hydroxylation sites is 2. The minimum atomic E-state index is 0.0695. The Kier molecular flexibility index (Phi) is 13.8. The number of hydrogen-bond acceptors (Lipinski definition) is 12. The van der Waals surface area contributed by atoms with Gasteiger partial charge in [0.15, 0.2) is 0 Å². The molecule has 2 saturated heterocycles. The molecule has 10 rings (SSSR count). The number of rotatable bonds is 11. The Bertz CT molecular complexity index is 2660. The lowest BCUT2D eigenvalue weighted by Crippen LogP contribution is -2.46. The smallest absolute Gasteiger partial charge is 0.223 e. The number of aromatic nitrogens is 2. The predicted molar refractivity (Wildman–Crippen MR) is 275 cm³/mol. The molecule has 4 aromatic carbocycles. The van der Waals surface area contributed by atoms with E-state index in [2.05, 4.69) is 125 Å². The van der Waals surface area contributed by atoms with Gasteiger partial charge in [-0.25, -0.2) is 9.97 Å². The van der Waals surface area contributed by atoms with Crippen molar-refractivity contribution < 1.29 is 9.59 Å². The van der Waals surface area contributed by atoms with Crippen LogP contribution >= 0.6 is 0 Å². The number of carbonyl (C=O) groups excluding carboxylic acids is 2. The molecule has 0 bridgehead atoms. The lowest BCUT2D eigenvalue weighted by Gasteiger charge is -2.35. The summed E-state index contributed by atoms with van der Waals surface area (Å²) in [5.74, 6) is 1.68. The molecule has 2 aromatic heterocycles. The SMILES string of the molecule is CC(=O)N1CCc2cccc(Nc3ccnc(Nc4ccc(N5CCN(C)CC5)cc4)c3)c21.CCN1CCN(c2ccc(Nc3cc(Nc4cccc5c4N(C(C)=O)CC5)ccn3)cc2)CC1. The van der Waals surface area contributed by atoms with Crippen LogP contribution in [0.2, 0.25) is 0 Å². The quantitative estimate of drug-likeness (QED) is 0.0993. The van der Waals surface area contributed by atoms with Gasteiger partial charge in [-0.3, -0.25) is 9.59 Å². The van der Waals surface area contributed by atoms with Crippen molar-refractivity contribution in [1.29, 1.82) is 0 Å². The Morgan fingerprint density at radius 3 is 1.36 bits per heavy atom. The highest BCUT2D eigenvalue weighted by Crippen LogP contribution is 2.39. The van der Waals surface area contributed by atoms with E-state index in [4.69, 9.17) is 0 Å². The molecule has 6 aromatic rings. The first-order valence-corrected chi connectivity index (χ1v) is 23.6. The molecule has 2 fully saturated rings. The van der Waals surface area contributed by atoms with Gasteiger partial charge in [0.05, 0.1) is 22.7 Å². The average Bonchev–Trinajstić information content (AvgIpc) is 4.00. The zero-order chi connectivity index (χ0) is 46.3. The van der Waals surface area contributed by atoms with Gasteiger partial charge in [-0.05, 0) is 110 Å². The van der Waals surface area contributed by atoms with E-state index in [0.29, 0.717) is 0 Å². The third kappa shape index (κ3) is 10.8. The zero-order valence-corrected chi connectivity index (χ0v) is 39.1. The Hall–Kier alpha value is -7.16. The van der Waals surface area contributed by atoms with E-state index >= 15 is 0 Å². The summed E-state index contributed by atoms with van der Waals surface area (Å²) in [5, 5.41) is 13.8. The number of hydrogen-bond donors (Lipinski definition) is 4. The van der Waals surface area contributed by atoms with Crippen molar-refractivity contribution in [3.05, 3.63) is 133 Å². The number of pyridine rings is 2. The second kappa shape index (κ2) is 20.6. The van der Waals surface area contributed by atoms with Gasteiger partial charge in [-0.2, -0.15) is 0 Å². The number of nitrogens with zero attached hydrogens (tertiary/aromatic N) is 8. The Morgan fingerprint density at radius 2 is 0.940 bits per heavy atom. The number of amides is 2. The summed E-state index contributed by atoms with van der Waals surface area (Å²) in [5.41, 5.74) is 12.6. The van der Waals surface area contributed by atoms with Crippen molar-refractivity contribution in [2.24, 2.45) is 0 Å². The average molecular weight is 899 g/mol. The van der Waals surface area contributed by atoms with Crippen molar-refractivity contribution in [2.45, 2.75) is 33.6 Å². The number of likely N-dealkylation sites (N-methyl/N-ethyl adjacent to an activating group) is 2. The second-order valence-electron chi connectivity index (χ2n) is 17.6. The van der Waals surface area contributed by atoms with Gasteiger partial charge in [-0.1, -0.05) is 31.2 Å². The Labute approximate surface area is 394 Å². The van der Waals surface area contributed by atoms with Gasteiger partial charge in [0.2, 0.25) is 11.8 Å². The molecule has 346 valence electrons. The van der Waals surface area contributed by atoms with Crippen molar-refractivity contribution in [1.82, 2.24) is 19.8 Å². The molecule has 4 aliphatic heterocycles. The third-order valence-electron chi connectivity index (χ3n) is 13.2. The molecule has 14 nitrogen and oxygen atoms in total. The zero-order valence-electron chi connectivity index (χ0n) is 39.1. The fraction of sp³-hybridized carbons (Fsp3) is 0.321. The summed E-state index contributed by atoms with van der Waals surface area (Å²) in [6, 6.07) is 37.3. The van der Waals surface area contributed by atoms with E-state index in [1.807, 2.05) is 58.3 Å². The highest BCUT2D eigenvalue weighted by atomic mass is 16.2. The molecule has 4 aliphatic rings. The van der Waals surface area contributed by atoms with Crippen molar-refractivity contribution >= 4 is 80.3 Å². The second-order valence-corrected chi connectivity index (χ2v) is 17.6. The summed E-state index contributed by atoms with van der Waals surface area (Å²) in [6.45, 7) is 16.7. The van der Waals surface area contributed by atoms with Crippen LogP contribution in [0.3, 0.4) is 0 Å². The number of nitrogens with one attached hydrogen (secondary N) is 4. The Morgan fingerprint density at radius 1 is 0.507 bits per heavy atom. The normalized spacial score (nSPS) is 15.9. The molecule has 67 heavy (non-hydrogen) atoms. The fourth-order valence-corrected chi connectivity index (χ4v) is 9.40. The molecule has 14 heteroatoms. The van der Waals surface area contributed by atoms with Gasteiger partial charge in [-0.15, -0.1) is 0 Å². The molecule has 6 heterocycles. The van der Waals surface area contributed by atoms with E-state index in [9.17, 15) is 9.59 Å². The minimum absolute atomic E-state index is 0.0695. The van der Waals surface area contributed by atoms with Crippen LogP contribution in [-0.2, 0) is 22.4 Å². The van der Waals surface area contributed by atoms with E-state index in [0.717, 1.165) is 142 Å². The Balaban J connectivity index is 0.000000168. The molecule has 0 saturated carbocycles. The summed E-state index contributed by atoms with van der Waals surface area (Å²) in [6.07, 6.45) is 5.35. The monoisotopic (exact) mass is 899 g/mol. The summed E-state index contributed by atoms with van der Waals surface area (Å²) in [7, 11) is 2.17. The van der Waals surface area contributed by atoms with Crippen molar-refractivity contribution in [3.8, 4) is 0 Å². The van der Waals surface area contributed by atoms with Crippen LogP contribution in [0.15, 0.2) is 122 Å². The van der Waals surface area contributed by atoms with E-state index in [-0.39, 0.29) is 11.8 Å². The van der Waals surface area contributed by atoms with Crippen LogP contribution in [0.25, 0.3) is 0 Å². The van der Waals surface area contributed by atoms with Crippen LogP contribution in [0.4, 0.5) is 68.5 Å². The minimum Gasteiger partial charge on any atom is -0.369 e. The van der Waals surface area contributed by atoms with Gasteiger partial charge in [0.25, 0.3) is 0 Å². The lowest BCUT2D eigenvalue weighted by atomic mass is 10.1. The van der Waals surface area contributed by atoms with Gasteiger partial charge in [0, 0.05) is 138 Å². The topological polar surface area (TPSA) is 127 Å². The number of piperazine rings is 2. The number of benzene rings is 4. The molecule has 0 radical (unpaired) electrons. The van der Waals surface area contributed by atoms with E-state index in [1.54, 1.807) is 26.2 Å². The molecular formula is C53H62N12O2. The molecule has 4 N–H and O–H groups in total. The first-order chi connectivity index (χ1) is 32.7. The number of carbonyl (C=O) groups is 2. The molecule has 0 unspecified atom stereocenters. The number of fused-ring (bicyclic) bond motifs is 2. The van der Waals surface area contributed by atoms with E-state index < -0.39 is 0 Å². The molecule has 2 amide bonds.